The van der Waals surface area contributed by atoms with Gasteiger partial charge in [-0.25, -0.2) is 6.08 Å². The fraction of sp³-hybridized carbons (Fsp3) is 0.217. The Morgan fingerprint density at radius 1 is 1.00 bits per heavy atom. The zero-order valence-corrected chi connectivity index (χ0v) is 19.6. The van der Waals surface area contributed by atoms with Gasteiger partial charge in [-0.05, 0) is 0 Å². The van der Waals surface area contributed by atoms with Crippen molar-refractivity contribution in [2.75, 3.05) is 6.61 Å². The fourth-order valence-electron chi connectivity index (χ4n) is 2.65. The van der Waals surface area contributed by atoms with Crippen LogP contribution in [0, 0.1) is 6.08 Å². The third-order valence-corrected chi connectivity index (χ3v) is 3.69. The summed E-state index contributed by atoms with van der Waals surface area (Å²) < 4.78 is 1.51. The summed E-state index contributed by atoms with van der Waals surface area (Å²) >= 11 is 1.55. The second-order valence-electron chi connectivity index (χ2n) is 6.12. The molecule has 0 spiro atoms. The largest absolute Gasteiger partial charge is 1.00 e. The van der Waals surface area contributed by atoms with Crippen LogP contribution in [0.4, 0.5) is 0 Å². The van der Waals surface area contributed by atoms with Crippen molar-refractivity contribution in [1.82, 2.24) is 0 Å². The van der Waals surface area contributed by atoms with Crippen LogP contribution < -0.4 is 24.8 Å². The normalized spacial score (nSPS) is 11.4. The molecule has 1 nitrogen and oxygen atoms in total. The maximum atomic E-state index is 8.44. The van der Waals surface area contributed by atoms with Gasteiger partial charge in [0.25, 0.3) is 0 Å². The number of fused-ring (bicyclic) bond motifs is 3. The van der Waals surface area contributed by atoms with Crippen LogP contribution in [0.2, 0.25) is 0 Å². The monoisotopic (exact) mass is 476 g/mol. The number of hydrogen-bond acceptors (Lipinski definition) is 1. The molecule has 0 amide bonds. The first kappa shape index (κ1) is 26.1. The molecule has 0 aromatic heterocycles. The average molecular weight is 479 g/mol. The minimum absolute atomic E-state index is 0. The van der Waals surface area contributed by atoms with Crippen molar-refractivity contribution in [2.45, 2.75) is 26.7 Å². The third kappa shape index (κ3) is 8.75. The van der Waals surface area contributed by atoms with Gasteiger partial charge >= 0.3 is 41.3 Å². The van der Waals surface area contributed by atoms with Crippen molar-refractivity contribution in [3.05, 3.63) is 78.4 Å². The molecule has 0 saturated carbocycles. The van der Waals surface area contributed by atoms with Crippen LogP contribution in [-0.2, 0) is 24.2 Å². The molecule has 3 aromatic rings. The van der Waals surface area contributed by atoms with Gasteiger partial charge in [-0.15, -0.1) is 46.2 Å². The van der Waals surface area contributed by atoms with Gasteiger partial charge in [0.2, 0.25) is 0 Å². The molecule has 0 bridgehead atoms. The van der Waals surface area contributed by atoms with Gasteiger partial charge in [0, 0.05) is 6.61 Å². The number of hydrogen-bond donors (Lipinski definition) is 1. The van der Waals surface area contributed by atoms with Crippen LogP contribution in [0.25, 0.3) is 21.5 Å². The Kier molecular flexibility index (Phi) is 13.7. The second kappa shape index (κ2) is 14.1. The average Bonchev–Trinajstić information content (AvgIpc) is 3.22. The van der Waals surface area contributed by atoms with Gasteiger partial charge in [0.1, 0.15) is 0 Å². The van der Waals surface area contributed by atoms with Crippen LogP contribution in [0.5, 0.6) is 0 Å². The van der Waals surface area contributed by atoms with Crippen molar-refractivity contribution in [2.24, 2.45) is 0 Å². The smallest absolute Gasteiger partial charge is 0.0318 e. The second-order valence-corrected chi connectivity index (χ2v) is 8.58. The minimum Gasteiger partial charge on any atom is -1.00 e. The number of halogens is 2. The molecule has 142 valence electrons. The number of aliphatic hydroxyl groups excluding tert-OH is 1. The molecular weight excluding hydrogens is 454 g/mol. The van der Waals surface area contributed by atoms with E-state index in [2.05, 4.69) is 80.6 Å². The van der Waals surface area contributed by atoms with Gasteiger partial charge < -0.3 is 29.9 Å². The van der Waals surface area contributed by atoms with E-state index in [0.29, 0.717) is 0 Å². The van der Waals surface area contributed by atoms with E-state index in [9.17, 15) is 0 Å². The van der Waals surface area contributed by atoms with Crippen molar-refractivity contribution >= 4 is 24.8 Å². The topological polar surface area (TPSA) is 20.2 Å². The molecule has 0 fully saturated rings. The molecule has 0 heterocycles. The van der Waals surface area contributed by atoms with E-state index in [1.54, 1.807) is 24.2 Å². The first-order valence-corrected chi connectivity index (χ1v) is 9.76. The molecule has 0 saturated heterocycles. The minimum atomic E-state index is 0. The Morgan fingerprint density at radius 3 is 1.89 bits per heavy atom. The van der Waals surface area contributed by atoms with Crippen molar-refractivity contribution in [3.63, 3.8) is 0 Å². The van der Waals surface area contributed by atoms with E-state index in [1.807, 2.05) is 6.08 Å². The summed E-state index contributed by atoms with van der Waals surface area (Å²) in [6.07, 6.45) is 8.76. The van der Waals surface area contributed by atoms with Crippen LogP contribution in [0.15, 0.2) is 72.3 Å². The van der Waals surface area contributed by atoms with Gasteiger partial charge in [0.15, 0.2) is 0 Å². The summed E-state index contributed by atoms with van der Waals surface area (Å²) in [6.45, 7) is 4.50. The summed E-state index contributed by atoms with van der Waals surface area (Å²) in [7, 11) is 0. The Morgan fingerprint density at radius 2 is 1.48 bits per heavy atom. The molecule has 1 aliphatic carbocycles. The number of aliphatic hydroxyl groups is 1. The summed E-state index contributed by atoms with van der Waals surface area (Å²) in [5, 5.41) is 13.8. The van der Waals surface area contributed by atoms with Crippen LogP contribution >= 0.6 is 0 Å². The van der Waals surface area contributed by atoms with E-state index in [1.165, 1.54) is 30.3 Å². The van der Waals surface area contributed by atoms with Crippen molar-refractivity contribution < 1.29 is 54.2 Å². The quantitative estimate of drug-likeness (QED) is 0.494. The van der Waals surface area contributed by atoms with E-state index >= 15 is 0 Å². The molecule has 1 aliphatic rings. The van der Waals surface area contributed by atoms with E-state index in [-0.39, 0.29) is 31.4 Å². The van der Waals surface area contributed by atoms with Gasteiger partial charge in [-0.2, -0.15) is 11.6 Å². The third-order valence-electron chi connectivity index (χ3n) is 3.69. The van der Waals surface area contributed by atoms with E-state index < -0.39 is 0 Å². The maximum Gasteiger partial charge on any atom is 0.0318 e. The van der Waals surface area contributed by atoms with Gasteiger partial charge in [-0.1, -0.05) is 42.8 Å². The summed E-state index contributed by atoms with van der Waals surface area (Å²) in [6, 6.07) is 19.3. The number of benzene rings is 2. The zero-order chi connectivity index (χ0) is 18.1. The van der Waals surface area contributed by atoms with Crippen molar-refractivity contribution in [1.29, 1.82) is 0 Å². The SMILES string of the molecule is C[C](C)=[Zr+2].OCCC1=CC[C-]=C1.[Cl-].[Cl-].c1ccc2c(c1)[cH-]c1ccccc12. The van der Waals surface area contributed by atoms with Crippen LogP contribution in [-0.4, -0.2) is 14.9 Å². The summed E-state index contributed by atoms with van der Waals surface area (Å²) in [5.74, 6) is 0. The standard InChI is InChI=1S/C13H9.C7H9O.C3H6.2ClH.Zr/c1-3-7-12-10(5-1)9-11-6-2-4-8-13(11)12;8-6-5-7-3-1-2-4-7;1-3-2;;;/h1-9H;3-4,8H,1,5-6H2;1-2H3;2*1H;/q2*-1;;;;+2/p-2. The Bertz CT molecular complexity index is 839. The molecule has 4 heteroatoms. The molecule has 0 aliphatic heterocycles. The van der Waals surface area contributed by atoms with Crippen LogP contribution in [0.1, 0.15) is 26.7 Å². The molecule has 4 rings (SSSR count). The summed E-state index contributed by atoms with van der Waals surface area (Å²) in [5.41, 5.74) is 1.22. The first-order chi connectivity index (χ1) is 12.1. The molecule has 3 aromatic carbocycles. The van der Waals surface area contributed by atoms with Crippen molar-refractivity contribution in [3.8, 4) is 0 Å². The van der Waals surface area contributed by atoms with Gasteiger partial charge in [-0.3, -0.25) is 6.08 Å². The number of rotatable bonds is 2. The maximum absolute atomic E-state index is 8.44. The summed E-state index contributed by atoms with van der Waals surface area (Å²) in [4.78, 5) is 0. The van der Waals surface area contributed by atoms with E-state index in [0.717, 1.165) is 12.8 Å². The van der Waals surface area contributed by atoms with E-state index in [4.69, 9.17) is 5.11 Å². The predicted octanol–water partition coefficient (Wildman–Crippen LogP) is -0.476. The number of allylic oxidation sites excluding steroid dienone is 3. The Balaban J connectivity index is 0.000000422. The molecule has 0 unspecified atom stereocenters. The first-order valence-electron chi connectivity index (χ1n) is 8.53. The molecule has 1 N–H and O–H groups in total. The fourth-order valence-corrected chi connectivity index (χ4v) is 2.65. The predicted molar refractivity (Wildman–Crippen MR) is 106 cm³/mol. The Labute approximate surface area is 189 Å². The molecular formula is C23H24Cl2OZr-2. The molecule has 0 radical (unpaired) electrons. The van der Waals surface area contributed by atoms with Crippen LogP contribution in [0.3, 0.4) is 0 Å². The Hall–Kier alpha value is -0.917. The molecule has 27 heavy (non-hydrogen) atoms. The van der Waals surface area contributed by atoms with Gasteiger partial charge in [0.05, 0.1) is 0 Å². The molecule has 0 atom stereocenters. The zero-order valence-electron chi connectivity index (χ0n) is 15.7.